The summed E-state index contributed by atoms with van der Waals surface area (Å²) in [4.78, 5) is 29.1. The molecule has 24 heavy (non-hydrogen) atoms. The van der Waals surface area contributed by atoms with E-state index in [0.717, 1.165) is 11.1 Å². The van der Waals surface area contributed by atoms with Crippen LogP contribution in [0.25, 0.3) is 21.3 Å². The lowest BCUT2D eigenvalue weighted by molar-refractivity contribution is -0.137. The smallest absolute Gasteiger partial charge is 0.323 e. The van der Waals surface area contributed by atoms with Crippen molar-refractivity contribution in [3.63, 3.8) is 0 Å². The molecular weight excluding hydrogens is 328 g/mol. The highest BCUT2D eigenvalue weighted by Gasteiger charge is 2.17. The highest BCUT2D eigenvalue weighted by Crippen LogP contribution is 2.32. The molecule has 0 radical (unpaired) electrons. The molecule has 0 aliphatic rings. The number of aliphatic carboxylic acids is 1. The summed E-state index contributed by atoms with van der Waals surface area (Å²) in [5.41, 5.74) is 1.26. The molecule has 0 bridgehead atoms. The molecule has 3 aromatic rings. The monoisotopic (exact) mass is 344 g/mol. The quantitative estimate of drug-likeness (QED) is 0.770. The van der Waals surface area contributed by atoms with Crippen LogP contribution in [0.4, 0.5) is 0 Å². The second-order valence-corrected chi connectivity index (χ2v) is 6.09. The summed E-state index contributed by atoms with van der Waals surface area (Å²) in [6.07, 6.45) is 0.491. The minimum Gasteiger partial charge on any atom is -0.497 e. The topological polar surface area (TPSA) is 81.4 Å². The van der Waals surface area contributed by atoms with Crippen LogP contribution in [0.15, 0.2) is 34.4 Å². The summed E-state index contributed by atoms with van der Waals surface area (Å²) in [6, 6.07) is 7.41. The summed E-state index contributed by atoms with van der Waals surface area (Å²) in [5.74, 6) is 0.107. The Morgan fingerprint density at radius 3 is 2.88 bits per heavy atom. The number of carbonyl (C=O) groups is 1. The molecular formula is C17H16N2O4S. The van der Waals surface area contributed by atoms with Crippen LogP contribution in [-0.4, -0.2) is 27.7 Å². The maximum absolute atomic E-state index is 12.9. The van der Waals surface area contributed by atoms with E-state index in [2.05, 4.69) is 4.98 Å². The van der Waals surface area contributed by atoms with Gasteiger partial charge >= 0.3 is 5.97 Å². The van der Waals surface area contributed by atoms with E-state index in [-0.39, 0.29) is 5.56 Å². The van der Waals surface area contributed by atoms with Crippen molar-refractivity contribution < 1.29 is 14.6 Å². The first-order valence-corrected chi connectivity index (χ1v) is 8.30. The summed E-state index contributed by atoms with van der Waals surface area (Å²) < 4.78 is 6.47. The maximum atomic E-state index is 12.9. The maximum Gasteiger partial charge on any atom is 0.323 e. The SMILES string of the molecule is CCc1nc2scc(-c3cccc(OC)c3)c2c(=O)n1CC(=O)O. The third-order valence-corrected chi connectivity index (χ3v) is 4.64. The van der Waals surface area contributed by atoms with Crippen molar-refractivity contribution in [1.29, 1.82) is 0 Å². The molecule has 0 spiro atoms. The van der Waals surface area contributed by atoms with Gasteiger partial charge in [0.2, 0.25) is 0 Å². The van der Waals surface area contributed by atoms with E-state index >= 15 is 0 Å². The van der Waals surface area contributed by atoms with Crippen molar-refractivity contribution in [2.45, 2.75) is 19.9 Å². The van der Waals surface area contributed by atoms with Gasteiger partial charge in [0.05, 0.1) is 12.5 Å². The zero-order chi connectivity index (χ0) is 17.3. The molecule has 0 saturated heterocycles. The van der Waals surface area contributed by atoms with Gasteiger partial charge in [-0.1, -0.05) is 19.1 Å². The van der Waals surface area contributed by atoms with Crippen LogP contribution in [0.1, 0.15) is 12.7 Å². The minimum absolute atomic E-state index is 0.321. The Labute approximate surface area is 142 Å². The van der Waals surface area contributed by atoms with E-state index in [4.69, 9.17) is 9.84 Å². The highest BCUT2D eigenvalue weighted by atomic mass is 32.1. The first-order chi connectivity index (χ1) is 11.5. The molecule has 3 rings (SSSR count). The zero-order valence-electron chi connectivity index (χ0n) is 13.3. The third kappa shape index (κ3) is 2.78. The Hall–Kier alpha value is -2.67. The number of methoxy groups -OCH3 is 1. The fourth-order valence-corrected chi connectivity index (χ4v) is 3.59. The van der Waals surface area contributed by atoms with Gasteiger partial charge in [-0.2, -0.15) is 0 Å². The lowest BCUT2D eigenvalue weighted by atomic mass is 10.1. The van der Waals surface area contributed by atoms with Gasteiger partial charge in [0.1, 0.15) is 22.9 Å². The average molecular weight is 344 g/mol. The van der Waals surface area contributed by atoms with E-state index in [0.29, 0.717) is 28.2 Å². The number of aryl methyl sites for hydroxylation is 1. The van der Waals surface area contributed by atoms with Crippen LogP contribution in [0.3, 0.4) is 0 Å². The number of rotatable bonds is 5. The van der Waals surface area contributed by atoms with E-state index < -0.39 is 12.5 Å². The van der Waals surface area contributed by atoms with Gasteiger partial charge in [-0.05, 0) is 17.7 Å². The van der Waals surface area contributed by atoms with Gasteiger partial charge in [0.25, 0.3) is 5.56 Å². The van der Waals surface area contributed by atoms with Crippen LogP contribution in [0, 0.1) is 0 Å². The number of nitrogens with zero attached hydrogens (tertiary/aromatic N) is 2. The van der Waals surface area contributed by atoms with Gasteiger partial charge in [0, 0.05) is 17.4 Å². The molecule has 6 nitrogen and oxygen atoms in total. The fraction of sp³-hybridized carbons (Fsp3) is 0.235. The molecule has 0 amide bonds. The molecule has 0 saturated carbocycles. The van der Waals surface area contributed by atoms with Gasteiger partial charge in [-0.25, -0.2) is 4.98 Å². The molecule has 0 atom stereocenters. The Bertz CT molecular complexity index is 974. The number of ether oxygens (including phenoxy) is 1. The number of carboxylic acids is 1. The molecule has 1 N–H and O–H groups in total. The Morgan fingerprint density at radius 1 is 1.42 bits per heavy atom. The molecule has 124 valence electrons. The van der Waals surface area contributed by atoms with Gasteiger partial charge in [-0.15, -0.1) is 11.3 Å². The molecule has 2 heterocycles. The Morgan fingerprint density at radius 2 is 2.21 bits per heavy atom. The van der Waals surface area contributed by atoms with Crippen LogP contribution in [0.5, 0.6) is 5.75 Å². The minimum atomic E-state index is -1.06. The molecule has 1 aromatic carbocycles. The van der Waals surface area contributed by atoms with Crippen molar-refractivity contribution in [2.75, 3.05) is 7.11 Å². The molecule has 0 aliphatic heterocycles. The number of benzene rings is 1. The van der Waals surface area contributed by atoms with Crippen molar-refractivity contribution in [3.05, 3.63) is 45.8 Å². The lowest BCUT2D eigenvalue weighted by Crippen LogP contribution is -2.28. The van der Waals surface area contributed by atoms with E-state index in [9.17, 15) is 9.59 Å². The molecule has 0 fully saturated rings. The summed E-state index contributed by atoms with van der Waals surface area (Å²) in [5, 5.41) is 11.4. The zero-order valence-corrected chi connectivity index (χ0v) is 14.1. The summed E-state index contributed by atoms with van der Waals surface area (Å²) in [7, 11) is 1.58. The molecule has 0 unspecified atom stereocenters. The first kappa shape index (κ1) is 16.2. The standard InChI is InChI=1S/C17H16N2O4S/c1-3-13-18-16-15(17(22)19(13)8-14(20)21)12(9-24-16)10-5-4-6-11(7-10)23-2/h4-7,9H,3,8H2,1-2H3,(H,20,21). The number of hydrogen-bond acceptors (Lipinski definition) is 5. The van der Waals surface area contributed by atoms with Crippen LogP contribution >= 0.6 is 11.3 Å². The number of thiophene rings is 1. The van der Waals surface area contributed by atoms with Crippen LogP contribution in [-0.2, 0) is 17.8 Å². The van der Waals surface area contributed by atoms with Crippen molar-refractivity contribution in [1.82, 2.24) is 9.55 Å². The van der Waals surface area contributed by atoms with Crippen LogP contribution < -0.4 is 10.3 Å². The number of aromatic nitrogens is 2. The van der Waals surface area contributed by atoms with E-state index in [1.54, 1.807) is 7.11 Å². The lowest BCUT2D eigenvalue weighted by Gasteiger charge is -2.09. The normalized spacial score (nSPS) is 10.9. The third-order valence-electron chi connectivity index (χ3n) is 3.76. The van der Waals surface area contributed by atoms with Crippen molar-refractivity contribution >= 4 is 27.5 Å². The van der Waals surface area contributed by atoms with Crippen molar-refractivity contribution in [2.24, 2.45) is 0 Å². The molecule has 7 heteroatoms. The van der Waals surface area contributed by atoms with Gasteiger partial charge in [-0.3, -0.25) is 14.2 Å². The first-order valence-electron chi connectivity index (χ1n) is 7.42. The molecule has 0 aliphatic carbocycles. The number of carboxylic acid groups (broad SMARTS) is 1. The Balaban J connectivity index is 2.28. The highest BCUT2D eigenvalue weighted by molar-refractivity contribution is 7.17. The predicted molar refractivity (Wildman–Crippen MR) is 92.9 cm³/mol. The summed E-state index contributed by atoms with van der Waals surface area (Å²) in [6.45, 7) is 1.46. The van der Waals surface area contributed by atoms with E-state index in [1.807, 2.05) is 36.6 Å². The number of hydrogen-bond donors (Lipinski definition) is 1. The fourth-order valence-electron chi connectivity index (χ4n) is 2.64. The molecule has 2 aromatic heterocycles. The van der Waals surface area contributed by atoms with Gasteiger partial charge < -0.3 is 9.84 Å². The van der Waals surface area contributed by atoms with Crippen molar-refractivity contribution in [3.8, 4) is 16.9 Å². The average Bonchev–Trinajstić information content (AvgIpc) is 3.01. The largest absolute Gasteiger partial charge is 0.497 e. The van der Waals surface area contributed by atoms with Gasteiger partial charge in [0.15, 0.2) is 0 Å². The Kier molecular flexibility index (Phi) is 4.35. The number of fused-ring (bicyclic) bond motifs is 1. The second kappa shape index (κ2) is 6.45. The van der Waals surface area contributed by atoms with Crippen LogP contribution in [0.2, 0.25) is 0 Å². The second-order valence-electron chi connectivity index (χ2n) is 5.23. The predicted octanol–water partition coefficient (Wildman–Crippen LogP) is 2.78. The summed E-state index contributed by atoms with van der Waals surface area (Å²) >= 11 is 1.38. The van der Waals surface area contributed by atoms with E-state index in [1.165, 1.54) is 15.9 Å².